The summed E-state index contributed by atoms with van der Waals surface area (Å²) >= 11 is 0. The van der Waals surface area contributed by atoms with E-state index in [1.807, 2.05) is 57.5 Å². The van der Waals surface area contributed by atoms with Crippen LogP contribution in [0.2, 0.25) is 0 Å². The third kappa shape index (κ3) is 4.17. The number of nitrogens with zero attached hydrogens (tertiary/aromatic N) is 2. The summed E-state index contributed by atoms with van der Waals surface area (Å²) in [7, 11) is 0.447. The zero-order chi connectivity index (χ0) is 20.6. The van der Waals surface area contributed by atoms with Gasteiger partial charge in [0.2, 0.25) is 0 Å². The molecule has 0 spiro atoms. The molecule has 7 heteroatoms. The lowest BCUT2D eigenvalue weighted by Gasteiger charge is -2.30. The summed E-state index contributed by atoms with van der Waals surface area (Å²) in [5.41, 5.74) is 3.42. The van der Waals surface area contributed by atoms with E-state index < -0.39 is 13.9 Å². The van der Waals surface area contributed by atoms with Gasteiger partial charge in [-0.15, -0.1) is 0 Å². The van der Waals surface area contributed by atoms with Crippen LogP contribution in [0.4, 0.5) is 4.39 Å². The van der Waals surface area contributed by atoms with Gasteiger partial charge in [0.1, 0.15) is 5.82 Å². The van der Waals surface area contributed by atoms with Crippen molar-refractivity contribution in [3.8, 4) is 0 Å². The Bertz CT molecular complexity index is 1060. The van der Waals surface area contributed by atoms with Gasteiger partial charge in [0, 0.05) is 24.5 Å². The summed E-state index contributed by atoms with van der Waals surface area (Å²) in [4.78, 5) is 2.12. The van der Waals surface area contributed by atoms with Gasteiger partial charge in [-0.1, -0.05) is 24.3 Å². The highest BCUT2D eigenvalue weighted by atomic mass is 31.2. The first-order valence-electron chi connectivity index (χ1n) is 9.80. The molecule has 3 aromatic rings. The number of hydrogen-bond acceptors (Lipinski definition) is 4. The Morgan fingerprint density at radius 3 is 2.79 bits per heavy atom. The molecule has 0 bridgehead atoms. The fourth-order valence-corrected chi connectivity index (χ4v) is 5.68. The van der Waals surface area contributed by atoms with Crippen LogP contribution in [-0.4, -0.2) is 36.5 Å². The molecular weight excluding hydrogens is 390 g/mol. The maximum atomic E-state index is 13.9. The summed E-state index contributed by atoms with van der Waals surface area (Å²) in [6.45, 7) is 3.00. The summed E-state index contributed by atoms with van der Waals surface area (Å²) in [5, 5.41) is 1.04. The van der Waals surface area contributed by atoms with Gasteiger partial charge in [0.25, 0.3) is 0 Å². The average Bonchev–Trinajstić information content (AvgIpc) is 3.05. The number of hydrogen-bond donors (Lipinski definition) is 0. The molecule has 0 aliphatic carbocycles. The highest BCUT2D eigenvalue weighted by molar-refractivity contribution is 7.52. The number of aromatic nitrogens is 1. The fraction of sp³-hybridized carbons (Fsp3) is 0.364. The number of halogens is 1. The molecular formula is C22H26FN2O3P. The molecule has 2 heterocycles. The van der Waals surface area contributed by atoms with Gasteiger partial charge in [0.15, 0.2) is 0 Å². The van der Waals surface area contributed by atoms with E-state index in [1.54, 1.807) is 4.34 Å². The van der Waals surface area contributed by atoms with E-state index in [4.69, 9.17) is 9.05 Å². The first-order valence-corrected chi connectivity index (χ1v) is 11.3. The number of likely N-dealkylation sites (N-methyl/N-ethyl adjacent to an activating group) is 1. The quantitative estimate of drug-likeness (QED) is 0.528. The zero-order valence-electron chi connectivity index (χ0n) is 17.0. The minimum absolute atomic E-state index is 0.289. The predicted octanol–water partition coefficient (Wildman–Crippen LogP) is 5.33. The Morgan fingerprint density at radius 1 is 1.24 bits per heavy atom. The average molecular weight is 416 g/mol. The Labute approximate surface area is 170 Å². The lowest BCUT2D eigenvalue weighted by molar-refractivity contribution is 0.0769. The van der Waals surface area contributed by atoms with Gasteiger partial charge in [-0.3, -0.25) is 13.4 Å². The molecule has 1 saturated heterocycles. The van der Waals surface area contributed by atoms with Gasteiger partial charge in [0.05, 0.1) is 18.2 Å². The lowest BCUT2D eigenvalue weighted by Crippen LogP contribution is -2.17. The van der Waals surface area contributed by atoms with Crippen molar-refractivity contribution in [2.75, 3.05) is 27.2 Å². The molecule has 5 nitrogen and oxygen atoms in total. The highest BCUT2D eigenvalue weighted by Gasteiger charge is 2.38. The summed E-state index contributed by atoms with van der Waals surface area (Å²) in [5.74, 6) is -0.317. The second-order valence-corrected chi connectivity index (χ2v) is 9.65. The predicted molar refractivity (Wildman–Crippen MR) is 113 cm³/mol. The molecule has 2 atom stereocenters. The number of benzene rings is 2. The van der Waals surface area contributed by atoms with Crippen molar-refractivity contribution in [2.24, 2.45) is 0 Å². The zero-order valence-corrected chi connectivity index (χ0v) is 17.9. The van der Waals surface area contributed by atoms with Crippen LogP contribution in [0, 0.1) is 12.7 Å². The summed E-state index contributed by atoms with van der Waals surface area (Å²) in [6, 6.07) is 12.6. The second-order valence-electron chi connectivity index (χ2n) is 7.82. The molecule has 0 N–H and O–H groups in total. The van der Waals surface area contributed by atoms with E-state index in [0.29, 0.717) is 12.0 Å². The van der Waals surface area contributed by atoms with Crippen LogP contribution < -0.4 is 0 Å². The van der Waals surface area contributed by atoms with Crippen molar-refractivity contribution < 1.29 is 18.0 Å². The maximum absolute atomic E-state index is 13.9. The van der Waals surface area contributed by atoms with Gasteiger partial charge < -0.3 is 4.90 Å². The lowest BCUT2D eigenvalue weighted by atomic mass is 10.0. The largest absolute Gasteiger partial charge is 0.439 e. The fourth-order valence-electron chi connectivity index (χ4n) is 3.79. The minimum Gasteiger partial charge on any atom is -0.309 e. The monoisotopic (exact) mass is 416 g/mol. The van der Waals surface area contributed by atoms with Crippen LogP contribution in [0.25, 0.3) is 10.9 Å². The molecule has 1 aliphatic rings. The SMILES string of the molecule is Cc1cc(F)cc(C2CCOP(=O)(n3cc(CCN(C)C)c4ccccc43)O2)c1. The molecule has 29 heavy (non-hydrogen) atoms. The van der Waals surface area contributed by atoms with Crippen LogP contribution in [0.3, 0.4) is 0 Å². The molecule has 4 rings (SSSR count). The molecule has 0 amide bonds. The third-order valence-corrected chi connectivity index (χ3v) is 7.09. The normalized spacial score (nSPS) is 22.4. The standard InChI is InChI=1S/C22H26FN2O3P/c1-16-12-18(14-19(23)13-16)22-9-11-27-29(26,28-22)25-15-17(8-10-24(2)3)20-6-4-5-7-21(20)25/h4-7,12-15,22H,8-11H2,1-3H3. The second kappa shape index (κ2) is 8.04. The van der Waals surface area contributed by atoms with E-state index in [9.17, 15) is 8.96 Å². The van der Waals surface area contributed by atoms with E-state index in [2.05, 4.69) is 4.90 Å². The first-order chi connectivity index (χ1) is 13.9. The molecule has 2 aromatic carbocycles. The first kappa shape index (κ1) is 20.3. The van der Waals surface area contributed by atoms with E-state index in [0.717, 1.165) is 35.0 Å². The summed E-state index contributed by atoms with van der Waals surface area (Å²) in [6.07, 6.45) is 2.76. The van der Waals surface area contributed by atoms with Crippen molar-refractivity contribution in [2.45, 2.75) is 25.9 Å². The van der Waals surface area contributed by atoms with Crippen molar-refractivity contribution in [1.82, 2.24) is 9.24 Å². The van der Waals surface area contributed by atoms with Crippen molar-refractivity contribution in [1.29, 1.82) is 0 Å². The molecule has 154 valence electrons. The van der Waals surface area contributed by atoms with Crippen LogP contribution in [0.1, 0.15) is 29.2 Å². The van der Waals surface area contributed by atoms with Crippen LogP contribution in [0.5, 0.6) is 0 Å². The minimum atomic E-state index is -3.61. The van der Waals surface area contributed by atoms with Crippen LogP contribution in [-0.2, 0) is 20.0 Å². The van der Waals surface area contributed by atoms with Crippen molar-refractivity contribution in [3.05, 3.63) is 71.2 Å². The smallest absolute Gasteiger partial charge is 0.309 e. The van der Waals surface area contributed by atoms with Gasteiger partial charge in [-0.25, -0.2) is 8.96 Å². The molecule has 1 fully saturated rings. The van der Waals surface area contributed by atoms with Gasteiger partial charge >= 0.3 is 7.75 Å². The van der Waals surface area contributed by atoms with Gasteiger partial charge in [-0.2, -0.15) is 0 Å². The van der Waals surface area contributed by atoms with Crippen LogP contribution >= 0.6 is 7.75 Å². The Kier molecular flexibility index (Phi) is 5.63. The summed E-state index contributed by atoms with van der Waals surface area (Å²) < 4.78 is 41.0. The third-order valence-electron chi connectivity index (χ3n) is 5.20. The van der Waals surface area contributed by atoms with E-state index in [1.165, 1.54) is 12.1 Å². The highest BCUT2D eigenvalue weighted by Crippen LogP contribution is 2.58. The number of fused-ring (bicyclic) bond motifs is 1. The molecule has 1 aromatic heterocycles. The van der Waals surface area contributed by atoms with Gasteiger partial charge in [-0.05, 0) is 62.3 Å². The number of para-hydroxylation sites is 1. The molecule has 0 radical (unpaired) electrons. The van der Waals surface area contributed by atoms with E-state index in [-0.39, 0.29) is 12.4 Å². The Balaban J connectivity index is 1.71. The van der Waals surface area contributed by atoms with E-state index >= 15 is 0 Å². The number of aryl methyl sites for hydroxylation is 1. The van der Waals surface area contributed by atoms with Crippen molar-refractivity contribution >= 4 is 18.6 Å². The molecule has 1 aliphatic heterocycles. The Hall–Kier alpha value is -1.98. The molecule has 0 saturated carbocycles. The molecule has 2 unspecified atom stereocenters. The van der Waals surface area contributed by atoms with Crippen molar-refractivity contribution in [3.63, 3.8) is 0 Å². The number of rotatable bonds is 5. The Morgan fingerprint density at radius 2 is 2.03 bits per heavy atom. The van der Waals surface area contributed by atoms with Crippen LogP contribution in [0.15, 0.2) is 48.7 Å². The topological polar surface area (TPSA) is 43.7 Å². The maximum Gasteiger partial charge on any atom is 0.439 e.